The second-order valence-corrected chi connectivity index (χ2v) is 8.59. The molecule has 1 saturated carbocycles. The molecule has 1 aliphatic carbocycles. The molecule has 4 heteroatoms. The Labute approximate surface area is 151 Å². The van der Waals surface area contributed by atoms with E-state index in [0.29, 0.717) is 17.4 Å². The smallest absolute Gasteiger partial charge is 0.222 e. The van der Waals surface area contributed by atoms with Crippen molar-refractivity contribution in [1.29, 1.82) is 0 Å². The van der Waals surface area contributed by atoms with Crippen molar-refractivity contribution in [3.63, 3.8) is 0 Å². The van der Waals surface area contributed by atoms with E-state index in [4.69, 9.17) is 0 Å². The summed E-state index contributed by atoms with van der Waals surface area (Å²) in [5, 5.41) is 0. The summed E-state index contributed by atoms with van der Waals surface area (Å²) in [4.78, 5) is 21.9. The molecule has 0 unspecified atom stereocenters. The Morgan fingerprint density at radius 1 is 1.04 bits per heavy atom. The summed E-state index contributed by atoms with van der Waals surface area (Å²) in [5.74, 6) is 0.408. The van der Waals surface area contributed by atoms with Crippen molar-refractivity contribution >= 4 is 11.6 Å². The highest BCUT2D eigenvalue weighted by atomic mass is 16.2. The molecule has 1 amide bonds. The third-order valence-corrected chi connectivity index (χ3v) is 6.55. The lowest BCUT2D eigenvalue weighted by Crippen LogP contribution is -2.56. The van der Waals surface area contributed by atoms with Crippen LogP contribution in [0.25, 0.3) is 0 Å². The van der Waals surface area contributed by atoms with Crippen LogP contribution in [0.3, 0.4) is 0 Å². The molecule has 1 atom stereocenters. The van der Waals surface area contributed by atoms with Gasteiger partial charge >= 0.3 is 0 Å². The summed E-state index contributed by atoms with van der Waals surface area (Å²) in [6.45, 7) is 7.36. The zero-order valence-corrected chi connectivity index (χ0v) is 15.8. The van der Waals surface area contributed by atoms with Crippen LogP contribution in [0.4, 0.5) is 5.69 Å². The number of carbonyl (C=O) groups is 1. The zero-order chi connectivity index (χ0) is 17.4. The van der Waals surface area contributed by atoms with E-state index < -0.39 is 0 Å². The lowest BCUT2D eigenvalue weighted by molar-refractivity contribution is -0.140. The van der Waals surface area contributed by atoms with Gasteiger partial charge in [0.15, 0.2) is 0 Å². The number of nitrogens with zero attached hydrogens (tertiary/aromatic N) is 3. The minimum atomic E-state index is 0.291. The van der Waals surface area contributed by atoms with Crippen molar-refractivity contribution in [2.45, 2.75) is 71.3 Å². The summed E-state index contributed by atoms with van der Waals surface area (Å²) in [6.07, 6.45) is 9.33. The number of hydrogen-bond acceptors (Lipinski definition) is 3. The molecule has 2 aliphatic heterocycles. The number of pyridine rings is 1. The van der Waals surface area contributed by atoms with Crippen molar-refractivity contribution < 1.29 is 4.79 Å². The minimum absolute atomic E-state index is 0.291. The fourth-order valence-electron chi connectivity index (χ4n) is 5.35. The largest absolute Gasteiger partial charge is 0.371 e. The molecule has 3 heterocycles. The van der Waals surface area contributed by atoms with Gasteiger partial charge in [-0.25, -0.2) is 0 Å². The first-order chi connectivity index (χ1) is 12.0. The van der Waals surface area contributed by atoms with Crippen molar-refractivity contribution in [2.24, 2.45) is 5.41 Å². The van der Waals surface area contributed by atoms with Crippen LogP contribution in [0.5, 0.6) is 0 Å². The van der Waals surface area contributed by atoms with Crippen LogP contribution in [-0.4, -0.2) is 41.5 Å². The van der Waals surface area contributed by atoms with Crippen molar-refractivity contribution in [3.05, 3.63) is 23.5 Å². The van der Waals surface area contributed by atoms with E-state index in [1.807, 2.05) is 0 Å². The molecule has 4 rings (SSSR count). The molecule has 4 nitrogen and oxygen atoms in total. The average Bonchev–Trinajstić information content (AvgIpc) is 3.11. The molecule has 1 spiro atoms. The molecule has 136 valence electrons. The van der Waals surface area contributed by atoms with E-state index in [2.05, 4.69) is 40.8 Å². The highest BCUT2D eigenvalue weighted by Crippen LogP contribution is 2.42. The second-order valence-electron chi connectivity index (χ2n) is 8.59. The quantitative estimate of drug-likeness (QED) is 0.820. The van der Waals surface area contributed by atoms with Gasteiger partial charge in [-0.05, 0) is 58.1 Å². The number of rotatable bonds is 2. The zero-order valence-electron chi connectivity index (χ0n) is 15.8. The Bertz CT molecular complexity index is 632. The maximum atomic E-state index is 12.6. The molecule has 2 saturated heterocycles. The van der Waals surface area contributed by atoms with Gasteiger partial charge in [-0.3, -0.25) is 9.78 Å². The van der Waals surface area contributed by atoms with E-state index in [1.54, 1.807) is 0 Å². The topological polar surface area (TPSA) is 36.4 Å². The van der Waals surface area contributed by atoms with Gasteiger partial charge in [-0.15, -0.1) is 0 Å². The van der Waals surface area contributed by atoms with Crippen molar-refractivity contribution in [2.75, 3.05) is 24.5 Å². The first kappa shape index (κ1) is 16.9. The van der Waals surface area contributed by atoms with Crippen LogP contribution in [0.2, 0.25) is 0 Å². The normalized spacial score (nSPS) is 28.2. The summed E-state index contributed by atoms with van der Waals surface area (Å²) < 4.78 is 0. The maximum absolute atomic E-state index is 12.6. The van der Waals surface area contributed by atoms with Crippen LogP contribution < -0.4 is 4.90 Å². The Kier molecular flexibility index (Phi) is 4.47. The van der Waals surface area contributed by atoms with E-state index >= 15 is 0 Å². The Morgan fingerprint density at radius 2 is 1.76 bits per heavy atom. The first-order valence-corrected chi connectivity index (χ1v) is 10.0. The van der Waals surface area contributed by atoms with E-state index in [1.165, 1.54) is 44.2 Å². The van der Waals surface area contributed by atoms with Crippen LogP contribution in [-0.2, 0) is 4.79 Å². The molecule has 1 aromatic heterocycles. The number of amides is 1. The third kappa shape index (κ3) is 3.40. The molecule has 0 N–H and O–H groups in total. The highest BCUT2D eigenvalue weighted by molar-refractivity contribution is 5.77. The molecule has 3 fully saturated rings. The number of hydrogen-bond donors (Lipinski definition) is 0. The molecule has 0 bridgehead atoms. The number of aromatic nitrogens is 1. The second kappa shape index (κ2) is 6.62. The fourth-order valence-corrected chi connectivity index (χ4v) is 5.35. The predicted octanol–water partition coefficient (Wildman–Crippen LogP) is 3.85. The van der Waals surface area contributed by atoms with E-state index in [-0.39, 0.29) is 0 Å². The van der Waals surface area contributed by atoms with E-state index in [9.17, 15) is 4.79 Å². The van der Waals surface area contributed by atoms with Crippen LogP contribution in [0, 0.1) is 19.3 Å². The Balaban J connectivity index is 1.53. The van der Waals surface area contributed by atoms with Crippen LogP contribution >= 0.6 is 0 Å². The fraction of sp³-hybridized carbons (Fsp3) is 0.714. The Hall–Kier alpha value is -1.58. The van der Waals surface area contributed by atoms with Gasteiger partial charge in [-0.1, -0.05) is 12.8 Å². The van der Waals surface area contributed by atoms with Gasteiger partial charge in [0.2, 0.25) is 5.91 Å². The van der Waals surface area contributed by atoms with Gasteiger partial charge < -0.3 is 9.80 Å². The van der Waals surface area contributed by atoms with Gasteiger partial charge in [0.1, 0.15) is 0 Å². The summed E-state index contributed by atoms with van der Waals surface area (Å²) in [7, 11) is 0. The van der Waals surface area contributed by atoms with Gasteiger partial charge in [0.25, 0.3) is 0 Å². The number of aryl methyl sites for hydroxylation is 2. The molecular formula is C21H31N3O. The summed E-state index contributed by atoms with van der Waals surface area (Å²) in [6, 6.07) is 4.95. The summed E-state index contributed by atoms with van der Waals surface area (Å²) in [5.41, 5.74) is 3.80. The minimum Gasteiger partial charge on any atom is -0.371 e. The third-order valence-electron chi connectivity index (χ3n) is 6.55. The first-order valence-electron chi connectivity index (χ1n) is 10.0. The van der Waals surface area contributed by atoms with Crippen molar-refractivity contribution in [1.82, 2.24) is 9.88 Å². The van der Waals surface area contributed by atoms with Crippen LogP contribution in [0.1, 0.15) is 62.8 Å². The van der Waals surface area contributed by atoms with Gasteiger partial charge in [0.05, 0.1) is 0 Å². The lowest BCUT2D eigenvalue weighted by Gasteiger charge is -2.50. The van der Waals surface area contributed by atoms with Crippen molar-refractivity contribution in [3.8, 4) is 0 Å². The Morgan fingerprint density at radius 3 is 2.48 bits per heavy atom. The number of anilines is 1. The van der Waals surface area contributed by atoms with Gasteiger partial charge in [0, 0.05) is 54.6 Å². The maximum Gasteiger partial charge on any atom is 0.222 e. The predicted molar refractivity (Wildman–Crippen MR) is 101 cm³/mol. The molecule has 3 aliphatic rings. The molecule has 1 aromatic rings. The lowest BCUT2D eigenvalue weighted by atomic mass is 9.73. The SMILES string of the molecule is Cc1cc(N2CCC[C@]3(CCC(=O)N(C4CCCC4)C3)C2)cc(C)n1. The molecule has 25 heavy (non-hydrogen) atoms. The molecular weight excluding hydrogens is 310 g/mol. The molecule has 0 aromatic carbocycles. The number of likely N-dealkylation sites (tertiary alicyclic amines) is 1. The highest BCUT2D eigenvalue weighted by Gasteiger charge is 2.43. The summed E-state index contributed by atoms with van der Waals surface area (Å²) >= 11 is 0. The monoisotopic (exact) mass is 341 g/mol. The van der Waals surface area contributed by atoms with Crippen LogP contribution in [0.15, 0.2) is 12.1 Å². The standard InChI is InChI=1S/C21H31N3O/c1-16-12-19(13-17(2)22-16)23-11-5-9-21(14-23)10-8-20(25)24(15-21)18-6-3-4-7-18/h12-13,18H,3-11,14-15H2,1-2H3/t21-/m0/s1. The number of piperidine rings is 2. The average molecular weight is 341 g/mol. The van der Waals surface area contributed by atoms with E-state index in [0.717, 1.165) is 43.9 Å². The number of carbonyl (C=O) groups excluding carboxylic acids is 1. The van der Waals surface area contributed by atoms with Gasteiger partial charge in [-0.2, -0.15) is 0 Å². The molecule has 0 radical (unpaired) electrons.